The summed E-state index contributed by atoms with van der Waals surface area (Å²) in [5.74, 6) is 0.963. The van der Waals surface area contributed by atoms with Crippen molar-refractivity contribution in [1.82, 2.24) is 15.5 Å². The largest absolute Gasteiger partial charge is 0.376 e. The van der Waals surface area contributed by atoms with Gasteiger partial charge >= 0.3 is 0 Å². The normalized spacial score (nSPS) is 17.4. The van der Waals surface area contributed by atoms with Gasteiger partial charge in [-0.05, 0) is 24.8 Å². The van der Waals surface area contributed by atoms with Gasteiger partial charge in [-0.1, -0.05) is 29.4 Å². The monoisotopic (exact) mass is 345 g/mol. The van der Waals surface area contributed by atoms with Crippen molar-refractivity contribution in [3.05, 3.63) is 35.7 Å². The highest BCUT2D eigenvalue weighted by Gasteiger charge is 2.14. The Morgan fingerprint density at radius 1 is 1.32 bits per heavy atom. The van der Waals surface area contributed by atoms with Crippen LogP contribution in [0.3, 0.4) is 0 Å². The Hall–Kier alpha value is -2.25. The Kier molecular flexibility index (Phi) is 6.14. The van der Waals surface area contributed by atoms with Crippen LogP contribution in [0.2, 0.25) is 0 Å². The number of aryl methyl sites for hydroxylation is 1. The van der Waals surface area contributed by atoms with Gasteiger partial charge in [0.15, 0.2) is 0 Å². The molecular weight excluding hydrogens is 322 g/mol. The quantitative estimate of drug-likeness (QED) is 0.828. The van der Waals surface area contributed by atoms with Crippen molar-refractivity contribution < 1.29 is 18.8 Å². The first-order valence-electron chi connectivity index (χ1n) is 8.56. The third kappa shape index (κ3) is 5.37. The van der Waals surface area contributed by atoms with Crippen molar-refractivity contribution in [3.8, 4) is 11.4 Å². The van der Waals surface area contributed by atoms with E-state index < -0.39 is 0 Å². The van der Waals surface area contributed by atoms with Gasteiger partial charge in [0.1, 0.15) is 6.61 Å². The molecule has 1 atom stereocenters. The molecule has 7 heteroatoms. The fourth-order valence-electron chi connectivity index (χ4n) is 2.66. The minimum absolute atomic E-state index is 0.0556. The summed E-state index contributed by atoms with van der Waals surface area (Å²) in [6.07, 6.45) is 3.41. The maximum atomic E-state index is 11.8. The van der Waals surface area contributed by atoms with Gasteiger partial charge in [0, 0.05) is 25.6 Å². The molecule has 7 nitrogen and oxygen atoms in total. The topological polar surface area (TPSA) is 86.5 Å². The number of hydrogen-bond acceptors (Lipinski definition) is 6. The molecule has 1 aromatic carbocycles. The zero-order valence-corrected chi connectivity index (χ0v) is 14.4. The summed E-state index contributed by atoms with van der Waals surface area (Å²) in [6.45, 7) is 3.53. The summed E-state index contributed by atoms with van der Waals surface area (Å²) < 4.78 is 16.0. The van der Waals surface area contributed by atoms with Gasteiger partial charge in [-0.15, -0.1) is 0 Å². The third-order valence-electron chi connectivity index (χ3n) is 4.04. The van der Waals surface area contributed by atoms with E-state index in [0.717, 1.165) is 30.6 Å². The number of nitrogens with zero attached hydrogens (tertiary/aromatic N) is 2. The molecule has 3 rings (SSSR count). The van der Waals surface area contributed by atoms with E-state index in [2.05, 4.69) is 15.5 Å². The molecule has 2 heterocycles. The van der Waals surface area contributed by atoms with Gasteiger partial charge in [0.2, 0.25) is 17.6 Å². The van der Waals surface area contributed by atoms with Crippen molar-refractivity contribution in [2.75, 3.05) is 19.8 Å². The molecule has 0 unspecified atom stereocenters. The van der Waals surface area contributed by atoms with Crippen molar-refractivity contribution >= 4 is 5.91 Å². The van der Waals surface area contributed by atoms with Crippen LogP contribution in [0.25, 0.3) is 11.4 Å². The zero-order chi connectivity index (χ0) is 17.5. The van der Waals surface area contributed by atoms with Crippen LogP contribution in [0.4, 0.5) is 0 Å². The lowest BCUT2D eigenvalue weighted by Gasteiger charge is -2.22. The van der Waals surface area contributed by atoms with E-state index in [4.69, 9.17) is 14.0 Å². The Bertz CT molecular complexity index is 678. The molecule has 0 saturated carbocycles. The van der Waals surface area contributed by atoms with Crippen LogP contribution in [-0.2, 0) is 20.8 Å². The van der Waals surface area contributed by atoms with Crippen LogP contribution >= 0.6 is 0 Å². The van der Waals surface area contributed by atoms with Gasteiger partial charge < -0.3 is 19.3 Å². The molecule has 25 heavy (non-hydrogen) atoms. The van der Waals surface area contributed by atoms with Crippen LogP contribution in [0.1, 0.15) is 30.7 Å². The van der Waals surface area contributed by atoms with Crippen molar-refractivity contribution in [3.63, 3.8) is 0 Å². The molecule has 2 aromatic rings. The van der Waals surface area contributed by atoms with Crippen LogP contribution in [0.5, 0.6) is 0 Å². The number of benzene rings is 1. The number of nitrogens with one attached hydrogen (secondary N) is 1. The smallest absolute Gasteiger partial charge is 0.246 e. The summed E-state index contributed by atoms with van der Waals surface area (Å²) in [5, 5.41) is 6.73. The van der Waals surface area contributed by atoms with Crippen molar-refractivity contribution in [2.45, 2.75) is 38.8 Å². The predicted octanol–water partition coefficient (Wildman–Crippen LogP) is 2.25. The average molecular weight is 345 g/mol. The molecule has 1 amide bonds. The molecule has 1 aliphatic rings. The van der Waals surface area contributed by atoms with Crippen LogP contribution in [-0.4, -0.2) is 42.0 Å². The van der Waals surface area contributed by atoms with Gasteiger partial charge in [-0.3, -0.25) is 4.79 Å². The average Bonchev–Trinajstić information content (AvgIpc) is 3.08. The van der Waals surface area contributed by atoms with Crippen LogP contribution < -0.4 is 5.32 Å². The maximum Gasteiger partial charge on any atom is 0.246 e. The van der Waals surface area contributed by atoms with Gasteiger partial charge in [0.05, 0.1) is 12.7 Å². The minimum Gasteiger partial charge on any atom is -0.376 e. The zero-order valence-electron chi connectivity index (χ0n) is 14.4. The van der Waals surface area contributed by atoms with Crippen molar-refractivity contribution in [1.29, 1.82) is 0 Å². The number of carbonyl (C=O) groups excluding carboxylic acids is 1. The summed E-state index contributed by atoms with van der Waals surface area (Å²) in [7, 11) is 0. The molecule has 1 fully saturated rings. The lowest BCUT2D eigenvalue weighted by molar-refractivity contribution is -0.128. The van der Waals surface area contributed by atoms with Crippen molar-refractivity contribution in [2.24, 2.45) is 0 Å². The second-order valence-corrected chi connectivity index (χ2v) is 6.11. The highest BCUT2D eigenvalue weighted by molar-refractivity contribution is 5.77. The minimum atomic E-state index is -0.131. The number of rotatable bonds is 7. The lowest BCUT2D eigenvalue weighted by atomic mass is 10.1. The number of carbonyl (C=O) groups is 1. The highest BCUT2D eigenvalue weighted by Crippen LogP contribution is 2.16. The van der Waals surface area contributed by atoms with E-state index >= 15 is 0 Å². The molecule has 1 aromatic heterocycles. The summed E-state index contributed by atoms with van der Waals surface area (Å²) in [4.78, 5) is 16.0. The first kappa shape index (κ1) is 17.6. The van der Waals surface area contributed by atoms with E-state index in [1.807, 2.05) is 24.3 Å². The summed E-state index contributed by atoms with van der Waals surface area (Å²) in [5.41, 5.74) is 1.87. The first-order chi connectivity index (χ1) is 12.2. The SMILES string of the molecule is Cc1nc(-c2ccc(CNC(=O)COC[C@H]3CCCCO3)cc2)no1. The lowest BCUT2D eigenvalue weighted by Crippen LogP contribution is -2.30. The maximum absolute atomic E-state index is 11.8. The summed E-state index contributed by atoms with van der Waals surface area (Å²) >= 11 is 0. The molecule has 1 saturated heterocycles. The van der Waals surface area contributed by atoms with E-state index in [9.17, 15) is 4.79 Å². The van der Waals surface area contributed by atoms with E-state index in [1.54, 1.807) is 6.92 Å². The molecule has 0 radical (unpaired) electrons. The molecule has 134 valence electrons. The standard InChI is InChI=1S/C18H23N3O4/c1-13-20-18(21-25-13)15-7-5-14(6-8-15)10-19-17(22)12-23-11-16-4-2-3-9-24-16/h5-8,16H,2-4,9-12H2,1H3,(H,19,22)/t16-/m1/s1. The molecule has 1 N–H and O–H groups in total. The van der Waals surface area contributed by atoms with Crippen LogP contribution in [0.15, 0.2) is 28.8 Å². The third-order valence-corrected chi connectivity index (χ3v) is 4.04. The second kappa shape index (κ2) is 8.73. The predicted molar refractivity (Wildman–Crippen MR) is 90.7 cm³/mol. The van der Waals surface area contributed by atoms with Gasteiger partial charge in [-0.2, -0.15) is 4.98 Å². The fourth-order valence-corrected chi connectivity index (χ4v) is 2.66. The van der Waals surface area contributed by atoms with Gasteiger partial charge in [-0.25, -0.2) is 0 Å². The van der Waals surface area contributed by atoms with E-state index in [0.29, 0.717) is 24.9 Å². The van der Waals surface area contributed by atoms with Gasteiger partial charge in [0.25, 0.3) is 0 Å². The molecule has 0 bridgehead atoms. The van der Waals surface area contributed by atoms with Crippen LogP contribution in [0, 0.1) is 6.92 Å². The number of amides is 1. The van der Waals surface area contributed by atoms with E-state index in [1.165, 1.54) is 6.42 Å². The Morgan fingerprint density at radius 3 is 2.84 bits per heavy atom. The Balaban J connectivity index is 1.38. The molecule has 0 spiro atoms. The molecule has 1 aliphatic heterocycles. The molecular formula is C18H23N3O4. The Morgan fingerprint density at radius 2 is 2.16 bits per heavy atom. The summed E-state index contributed by atoms with van der Waals surface area (Å²) in [6, 6.07) is 7.67. The first-order valence-corrected chi connectivity index (χ1v) is 8.56. The number of ether oxygens (including phenoxy) is 2. The van der Waals surface area contributed by atoms with E-state index in [-0.39, 0.29) is 18.6 Å². The fraction of sp³-hybridized carbons (Fsp3) is 0.500. The highest BCUT2D eigenvalue weighted by atomic mass is 16.5. The Labute approximate surface area is 146 Å². The number of aromatic nitrogens is 2. The second-order valence-electron chi connectivity index (χ2n) is 6.11. The number of hydrogen-bond donors (Lipinski definition) is 1. The molecule has 0 aliphatic carbocycles.